The highest BCUT2D eigenvalue weighted by Crippen LogP contribution is 2.32. The predicted molar refractivity (Wildman–Crippen MR) is 59.4 cm³/mol. The van der Waals surface area contributed by atoms with Crippen LogP contribution in [-0.2, 0) is 17.3 Å². The van der Waals surface area contributed by atoms with Gasteiger partial charge in [0.25, 0.3) is 0 Å². The van der Waals surface area contributed by atoms with Crippen LogP contribution in [0.5, 0.6) is 0 Å². The Bertz CT molecular complexity index is 421. The monoisotopic (exact) mass is 226 g/mol. The number of aromatic nitrogens is 2. The SMILES string of the molecule is Cc1nn(C)c(C)c1C(C)(C)C(O)C(=O)O. The Labute approximate surface area is 94.7 Å². The van der Waals surface area contributed by atoms with Gasteiger partial charge in [0.05, 0.1) is 5.69 Å². The first-order valence-corrected chi connectivity index (χ1v) is 5.11. The predicted octanol–water partition coefficient (Wildman–Crippen LogP) is 0.760. The molecule has 1 rings (SSSR count). The van der Waals surface area contributed by atoms with E-state index in [0.29, 0.717) is 0 Å². The molecule has 0 fully saturated rings. The van der Waals surface area contributed by atoms with Gasteiger partial charge in [-0.3, -0.25) is 4.68 Å². The maximum Gasteiger partial charge on any atom is 0.333 e. The van der Waals surface area contributed by atoms with Crippen molar-refractivity contribution >= 4 is 5.97 Å². The fourth-order valence-corrected chi connectivity index (χ4v) is 2.15. The molecule has 0 saturated carbocycles. The van der Waals surface area contributed by atoms with Crippen molar-refractivity contribution in [2.24, 2.45) is 7.05 Å². The summed E-state index contributed by atoms with van der Waals surface area (Å²) in [4.78, 5) is 10.9. The third-order valence-electron chi connectivity index (χ3n) is 3.07. The van der Waals surface area contributed by atoms with E-state index in [4.69, 9.17) is 5.11 Å². The van der Waals surface area contributed by atoms with Gasteiger partial charge in [-0.2, -0.15) is 5.10 Å². The molecule has 5 heteroatoms. The van der Waals surface area contributed by atoms with E-state index in [2.05, 4.69) is 5.10 Å². The number of aliphatic carboxylic acids is 1. The lowest BCUT2D eigenvalue weighted by molar-refractivity contribution is -0.150. The normalized spacial score (nSPS) is 13.9. The van der Waals surface area contributed by atoms with E-state index in [0.717, 1.165) is 17.0 Å². The molecule has 0 radical (unpaired) electrons. The third-order valence-corrected chi connectivity index (χ3v) is 3.07. The number of aliphatic hydroxyl groups excluding tert-OH is 1. The summed E-state index contributed by atoms with van der Waals surface area (Å²) in [6, 6.07) is 0. The van der Waals surface area contributed by atoms with Gasteiger partial charge >= 0.3 is 5.97 Å². The smallest absolute Gasteiger partial charge is 0.333 e. The zero-order valence-electron chi connectivity index (χ0n) is 10.3. The lowest BCUT2D eigenvalue weighted by atomic mass is 9.78. The Morgan fingerprint density at radius 1 is 1.44 bits per heavy atom. The van der Waals surface area contributed by atoms with Crippen molar-refractivity contribution in [3.8, 4) is 0 Å². The molecule has 0 aliphatic heterocycles. The van der Waals surface area contributed by atoms with Gasteiger partial charge in [0.1, 0.15) is 0 Å². The van der Waals surface area contributed by atoms with Crippen LogP contribution in [0.2, 0.25) is 0 Å². The first-order valence-electron chi connectivity index (χ1n) is 5.11. The summed E-state index contributed by atoms with van der Waals surface area (Å²) >= 11 is 0. The fourth-order valence-electron chi connectivity index (χ4n) is 2.15. The quantitative estimate of drug-likeness (QED) is 0.798. The molecule has 0 aliphatic carbocycles. The van der Waals surface area contributed by atoms with Crippen molar-refractivity contribution in [2.45, 2.75) is 39.2 Å². The molecule has 0 saturated heterocycles. The average molecular weight is 226 g/mol. The molecule has 1 unspecified atom stereocenters. The van der Waals surface area contributed by atoms with Gasteiger partial charge in [0, 0.05) is 23.7 Å². The average Bonchev–Trinajstić information content (AvgIpc) is 2.39. The third kappa shape index (κ3) is 1.82. The molecule has 1 heterocycles. The number of aryl methyl sites for hydroxylation is 2. The minimum absolute atomic E-state index is 0.755. The lowest BCUT2D eigenvalue weighted by Crippen LogP contribution is -2.40. The van der Waals surface area contributed by atoms with Crippen molar-refractivity contribution in [1.29, 1.82) is 0 Å². The van der Waals surface area contributed by atoms with E-state index in [1.54, 1.807) is 25.6 Å². The molecule has 2 N–H and O–H groups in total. The Hall–Kier alpha value is -1.36. The van der Waals surface area contributed by atoms with Crippen LogP contribution >= 0.6 is 0 Å². The van der Waals surface area contributed by atoms with Crippen LogP contribution in [-0.4, -0.2) is 32.1 Å². The summed E-state index contributed by atoms with van der Waals surface area (Å²) in [6.07, 6.45) is -1.44. The number of aliphatic hydroxyl groups is 1. The van der Waals surface area contributed by atoms with Crippen molar-refractivity contribution in [3.05, 3.63) is 17.0 Å². The zero-order valence-corrected chi connectivity index (χ0v) is 10.3. The second-order valence-electron chi connectivity index (χ2n) is 4.63. The molecule has 0 amide bonds. The van der Waals surface area contributed by atoms with E-state index in [1.807, 2.05) is 13.8 Å². The van der Waals surface area contributed by atoms with Crippen molar-refractivity contribution < 1.29 is 15.0 Å². The first-order chi connectivity index (χ1) is 7.19. The molecule has 1 aromatic rings. The van der Waals surface area contributed by atoms with Crippen molar-refractivity contribution in [1.82, 2.24) is 9.78 Å². The Balaban J connectivity index is 3.31. The van der Waals surface area contributed by atoms with E-state index in [-0.39, 0.29) is 0 Å². The number of carboxylic acid groups (broad SMARTS) is 1. The summed E-state index contributed by atoms with van der Waals surface area (Å²) in [7, 11) is 1.80. The van der Waals surface area contributed by atoms with Crippen LogP contribution in [0.1, 0.15) is 30.8 Å². The lowest BCUT2D eigenvalue weighted by Gasteiger charge is -2.28. The summed E-state index contributed by atoms with van der Waals surface area (Å²) in [5.41, 5.74) is 1.58. The van der Waals surface area contributed by atoms with E-state index >= 15 is 0 Å². The maximum absolute atomic E-state index is 10.9. The largest absolute Gasteiger partial charge is 0.479 e. The van der Waals surface area contributed by atoms with Gasteiger partial charge in [-0.05, 0) is 13.8 Å². The van der Waals surface area contributed by atoms with Crippen LogP contribution in [0.4, 0.5) is 0 Å². The van der Waals surface area contributed by atoms with Gasteiger partial charge in [-0.1, -0.05) is 13.8 Å². The molecule has 16 heavy (non-hydrogen) atoms. The Kier molecular flexibility index (Phi) is 3.10. The first kappa shape index (κ1) is 12.7. The van der Waals surface area contributed by atoms with Gasteiger partial charge in [-0.25, -0.2) is 4.79 Å². The highest BCUT2D eigenvalue weighted by molar-refractivity contribution is 5.74. The van der Waals surface area contributed by atoms with E-state index in [9.17, 15) is 9.90 Å². The number of nitrogens with zero attached hydrogens (tertiary/aromatic N) is 2. The number of rotatable bonds is 3. The molecule has 0 aromatic carbocycles. The van der Waals surface area contributed by atoms with Crippen LogP contribution in [0.15, 0.2) is 0 Å². The van der Waals surface area contributed by atoms with Crippen LogP contribution in [0.3, 0.4) is 0 Å². The molecule has 1 aromatic heterocycles. The fraction of sp³-hybridized carbons (Fsp3) is 0.636. The van der Waals surface area contributed by atoms with Crippen LogP contribution in [0.25, 0.3) is 0 Å². The highest BCUT2D eigenvalue weighted by Gasteiger charge is 2.38. The molecule has 1 atom stereocenters. The van der Waals surface area contributed by atoms with Crippen molar-refractivity contribution in [3.63, 3.8) is 0 Å². The summed E-state index contributed by atoms with van der Waals surface area (Å²) in [5, 5.41) is 22.9. The van der Waals surface area contributed by atoms with Gasteiger partial charge in [-0.15, -0.1) is 0 Å². The van der Waals surface area contributed by atoms with E-state index < -0.39 is 17.5 Å². The summed E-state index contributed by atoms with van der Waals surface area (Å²) in [5.74, 6) is -1.22. The van der Waals surface area contributed by atoms with E-state index in [1.165, 1.54) is 0 Å². The molecule has 0 bridgehead atoms. The molecular weight excluding hydrogens is 208 g/mol. The minimum Gasteiger partial charge on any atom is -0.479 e. The standard InChI is InChI=1S/C11H18N2O3/c1-6-8(7(2)13(5)12-6)11(3,4)9(14)10(15)16/h9,14H,1-5H3,(H,15,16). The van der Waals surface area contributed by atoms with Gasteiger partial charge in [0.15, 0.2) is 6.10 Å². The second-order valence-corrected chi connectivity index (χ2v) is 4.63. The van der Waals surface area contributed by atoms with Crippen molar-refractivity contribution in [2.75, 3.05) is 0 Å². The second kappa shape index (κ2) is 3.90. The van der Waals surface area contributed by atoms with Gasteiger partial charge < -0.3 is 10.2 Å². The molecule has 0 spiro atoms. The van der Waals surface area contributed by atoms with Crippen LogP contribution in [0, 0.1) is 13.8 Å². The zero-order chi connectivity index (χ0) is 12.7. The summed E-state index contributed by atoms with van der Waals surface area (Å²) in [6.45, 7) is 7.11. The molecular formula is C11H18N2O3. The maximum atomic E-state index is 10.9. The topological polar surface area (TPSA) is 75.3 Å². The molecule has 90 valence electrons. The molecule has 0 aliphatic rings. The van der Waals surface area contributed by atoms with Crippen LogP contribution < -0.4 is 0 Å². The minimum atomic E-state index is -1.44. The Morgan fingerprint density at radius 2 is 1.94 bits per heavy atom. The molecule has 5 nitrogen and oxygen atoms in total. The highest BCUT2D eigenvalue weighted by atomic mass is 16.4. The number of hydrogen-bond acceptors (Lipinski definition) is 3. The summed E-state index contributed by atoms with van der Waals surface area (Å²) < 4.78 is 1.70. The number of carboxylic acids is 1. The van der Waals surface area contributed by atoms with Gasteiger partial charge in [0.2, 0.25) is 0 Å². The number of hydrogen-bond donors (Lipinski definition) is 2. The number of carbonyl (C=O) groups is 1. The Morgan fingerprint density at radius 3 is 2.25 bits per heavy atom.